The number of halogens is 3. The lowest BCUT2D eigenvalue weighted by Crippen LogP contribution is -2.37. The molecule has 2 aromatic rings. The van der Waals surface area contributed by atoms with Crippen LogP contribution in [0.5, 0.6) is 0 Å². The first-order chi connectivity index (χ1) is 17.5. The number of ether oxygens (including phenoxy) is 2. The van der Waals surface area contributed by atoms with Crippen LogP contribution in [0.4, 0.5) is 13.2 Å². The lowest BCUT2D eigenvalue weighted by molar-refractivity contribution is -0.138. The Balaban J connectivity index is 1.61. The largest absolute Gasteiger partial charge is 0.417 e. The van der Waals surface area contributed by atoms with Gasteiger partial charge in [0.2, 0.25) is 0 Å². The minimum atomic E-state index is -4.65. The quantitative estimate of drug-likeness (QED) is 0.552. The van der Waals surface area contributed by atoms with E-state index in [0.29, 0.717) is 55.0 Å². The number of nitriles is 1. The average molecular weight is 515 g/mol. The van der Waals surface area contributed by atoms with Crippen LogP contribution in [-0.2, 0) is 21.3 Å². The predicted molar refractivity (Wildman–Crippen MR) is 125 cm³/mol. The van der Waals surface area contributed by atoms with Crippen LogP contribution in [0.15, 0.2) is 18.2 Å². The third-order valence-electron chi connectivity index (χ3n) is 8.68. The fourth-order valence-electron chi connectivity index (χ4n) is 6.63. The molecule has 2 aliphatic heterocycles. The van der Waals surface area contributed by atoms with Crippen LogP contribution in [-0.4, -0.2) is 28.4 Å². The van der Waals surface area contributed by atoms with Crippen LogP contribution in [0.25, 0.3) is 0 Å². The third-order valence-corrected chi connectivity index (χ3v) is 8.68. The molecular formula is C28H29F3N2O4. The van der Waals surface area contributed by atoms with E-state index in [4.69, 9.17) is 14.5 Å². The minimum absolute atomic E-state index is 0.0774. The van der Waals surface area contributed by atoms with Gasteiger partial charge < -0.3 is 19.7 Å². The first-order valence-corrected chi connectivity index (χ1v) is 12.8. The summed E-state index contributed by atoms with van der Waals surface area (Å²) in [7, 11) is 0. The molecule has 3 heterocycles. The average Bonchev–Trinajstić information content (AvgIpc) is 3.57. The van der Waals surface area contributed by atoms with Gasteiger partial charge in [-0.1, -0.05) is 19.9 Å². The molecule has 2 fully saturated rings. The first kappa shape index (κ1) is 24.8. The maximum absolute atomic E-state index is 13.5. The smallest absolute Gasteiger partial charge is 0.388 e. The maximum Gasteiger partial charge on any atom is 0.417 e. The molecule has 1 saturated heterocycles. The van der Waals surface area contributed by atoms with Crippen LogP contribution in [0.3, 0.4) is 0 Å². The van der Waals surface area contributed by atoms with Crippen molar-refractivity contribution in [1.82, 2.24) is 4.98 Å². The van der Waals surface area contributed by atoms with Crippen molar-refractivity contribution in [3.05, 3.63) is 63.0 Å². The molecule has 2 unspecified atom stereocenters. The van der Waals surface area contributed by atoms with Gasteiger partial charge in [0, 0.05) is 48.3 Å². The zero-order valence-electron chi connectivity index (χ0n) is 20.7. The molecule has 4 aliphatic rings. The van der Waals surface area contributed by atoms with Gasteiger partial charge in [-0.2, -0.15) is 18.4 Å². The Hall–Kier alpha value is -2.51. The Morgan fingerprint density at radius 1 is 1.11 bits per heavy atom. The normalized spacial score (nSPS) is 27.3. The SMILES string of the molecule is CC(C)c1nc2c(c3c1C(c1ccc(C(F)(F)F)c(C#N)c1)OC31CCOCC1)C(O)CC1(CC1)[C@H]2O. The lowest BCUT2D eigenvalue weighted by Gasteiger charge is -2.40. The Morgan fingerprint density at radius 3 is 2.41 bits per heavy atom. The molecule has 2 N–H and O–H groups in total. The van der Waals surface area contributed by atoms with Gasteiger partial charge in [0.05, 0.1) is 34.6 Å². The molecule has 6 nitrogen and oxygen atoms in total. The molecule has 2 aliphatic carbocycles. The molecule has 1 aromatic heterocycles. The Bertz CT molecular complexity index is 1310. The van der Waals surface area contributed by atoms with E-state index in [1.165, 1.54) is 12.1 Å². The van der Waals surface area contributed by atoms with Gasteiger partial charge in [0.25, 0.3) is 0 Å². The number of benzene rings is 1. The molecule has 9 heteroatoms. The van der Waals surface area contributed by atoms with Crippen molar-refractivity contribution in [3.8, 4) is 6.07 Å². The lowest BCUT2D eigenvalue weighted by atomic mass is 9.72. The number of rotatable bonds is 2. The van der Waals surface area contributed by atoms with Gasteiger partial charge in [-0.15, -0.1) is 0 Å². The molecule has 0 amide bonds. The van der Waals surface area contributed by atoms with Crippen LogP contribution < -0.4 is 0 Å². The molecule has 0 radical (unpaired) electrons. The predicted octanol–water partition coefficient (Wildman–Crippen LogP) is 5.47. The van der Waals surface area contributed by atoms with Crippen LogP contribution in [0.2, 0.25) is 0 Å². The van der Waals surface area contributed by atoms with Crippen molar-refractivity contribution >= 4 is 0 Å². The fraction of sp³-hybridized carbons (Fsp3) is 0.571. The molecule has 37 heavy (non-hydrogen) atoms. The van der Waals surface area contributed by atoms with E-state index in [1.54, 1.807) is 6.07 Å². The number of aliphatic hydroxyl groups excluding tert-OH is 2. The highest BCUT2D eigenvalue weighted by Gasteiger charge is 2.59. The number of pyridine rings is 1. The van der Waals surface area contributed by atoms with Gasteiger partial charge in [0.15, 0.2) is 0 Å². The third kappa shape index (κ3) is 3.64. The van der Waals surface area contributed by atoms with Crippen molar-refractivity contribution in [2.45, 2.75) is 82.0 Å². The summed E-state index contributed by atoms with van der Waals surface area (Å²) in [4.78, 5) is 4.94. The van der Waals surface area contributed by atoms with Crippen molar-refractivity contribution in [3.63, 3.8) is 0 Å². The summed E-state index contributed by atoms with van der Waals surface area (Å²) in [6.07, 6.45) is -3.92. The van der Waals surface area contributed by atoms with E-state index < -0.39 is 41.2 Å². The van der Waals surface area contributed by atoms with Gasteiger partial charge in [0.1, 0.15) is 12.2 Å². The van der Waals surface area contributed by atoms with Crippen molar-refractivity contribution in [1.29, 1.82) is 5.26 Å². The molecule has 196 valence electrons. The Kier molecular flexibility index (Phi) is 5.53. The zero-order valence-corrected chi connectivity index (χ0v) is 20.7. The summed E-state index contributed by atoms with van der Waals surface area (Å²) in [5.74, 6) is -0.0774. The monoisotopic (exact) mass is 514 g/mol. The number of hydrogen-bond donors (Lipinski definition) is 2. The Labute approximate surface area is 213 Å². The highest BCUT2D eigenvalue weighted by atomic mass is 19.4. The highest BCUT2D eigenvalue weighted by molar-refractivity contribution is 5.56. The summed E-state index contributed by atoms with van der Waals surface area (Å²) in [6, 6.07) is 5.24. The second kappa shape index (κ2) is 8.24. The number of alkyl halides is 3. The number of aromatic nitrogens is 1. The Morgan fingerprint density at radius 2 is 1.81 bits per heavy atom. The van der Waals surface area contributed by atoms with E-state index in [2.05, 4.69) is 0 Å². The number of hydrogen-bond acceptors (Lipinski definition) is 6. The van der Waals surface area contributed by atoms with E-state index in [9.17, 15) is 28.6 Å². The second-order valence-electron chi connectivity index (χ2n) is 11.2. The molecular weight excluding hydrogens is 485 g/mol. The number of fused-ring (bicyclic) bond motifs is 4. The van der Waals surface area contributed by atoms with Gasteiger partial charge in [-0.25, -0.2) is 0 Å². The van der Waals surface area contributed by atoms with Crippen LogP contribution in [0.1, 0.15) is 115 Å². The summed E-state index contributed by atoms with van der Waals surface area (Å²) in [5, 5.41) is 32.3. The zero-order chi connectivity index (χ0) is 26.3. The topological polar surface area (TPSA) is 95.6 Å². The summed E-state index contributed by atoms with van der Waals surface area (Å²) < 4.78 is 53.0. The van der Waals surface area contributed by atoms with Crippen LogP contribution >= 0.6 is 0 Å². The summed E-state index contributed by atoms with van der Waals surface area (Å²) in [5.41, 5.74) is 1.13. The first-order valence-electron chi connectivity index (χ1n) is 12.8. The molecule has 1 saturated carbocycles. The molecule has 3 atom stereocenters. The number of aliphatic hydroxyl groups is 2. The number of nitrogens with zero attached hydrogens (tertiary/aromatic N) is 2. The molecule has 1 aromatic carbocycles. The van der Waals surface area contributed by atoms with Crippen molar-refractivity contribution in [2.75, 3.05) is 13.2 Å². The highest BCUT2D eigenvalue weighted by Crippen LogP contribution is 2.66. The van der Waals surface area contributed by atoms with E-state index >= 15 is 0 Å². The van der Waals surface area contributed by atoms with Crippen molar-refractivity contribution < 1.29 is 32.9 Å². The van der Waals surface area contributed by atoms with Gasteiger partial charge >= 0.3 is 6.18 Å². The standard InChI is InChI=1S/C28H29F3N2O4/c1-14(2)22-20-21(19-18(34)12-26(5-6-26)25(35)23(19)33-22)27(7-9-36-10-8-27)37-24(20)15-3-4-17(28(29,30)31)16(11-15)13-32/h3-4,11,14,18,24-25,34-35H,5-10,12H2,1-2H3/t18?,24?,25-/m0/s1. The van der Waals surface area contributed by atoms with E-state index in [0.717, 1.165) is 30.0 Å². The van der Waals surface area contributed by atoms with Crippen molar-refractivity contribution in [2.24, 2.45) is 5.41 Å². The second-order valence-corrected chi connectivity index (χ2v) is 11.2. The van der Waals surface area contributed by atoms with Gasteiger partial charge in [-0.05, 0) is 48.4 Å². The molecule has 0 bridgehead atoms. The van der Waals surface area contributed by atoms with E-state index in [-0.39, 0.29) is 11.3 Å². The minimum Gasteiger partial charge on any atom is -0.388 e. The maximum atomic E-state index is 13.5. The fourth-order valence-corrected chi connectivity index (χ4v) is 6.63. The summed E-state index contributed by atoms with van der Waals surface area (Å²) in [6.45, 7) is 4.82. The molecule has 6 rings (SSSR count). The van der Waals surface area contributed by atoms with Gasteiger partial charge in [-0.3, -0.25) is 4.98 Å². The summed E-state index contributed by atoms with van der Waals surface area (Å²) >= 11 is 0. The van der Waals surface area contributed by atoms with E-state index in [1.807, 2.05) is 13.8 Å². The van der Waals surface area contributed by atoms with Crippen LogP contribution in [0, 0.1) is 16.7 Å². The molecule has 2 spiro atoms.